The summed E-state index contributed by atoms with van der Waals surface area (Å²) in [5.74, 6) is 0.321. The Morgan fingerprint density at radius 3 is 2.45 bits per heavy atom. The largest absolute Gasteiger partial charge is 0.439 e. The molecule has 0 unspecified atom stereocenters. The molecule has 0 radical (unpaired) electrons. The number of oxazole rings is 1. The Balaban J connectivity index is 1.46. The number of carbonyl (C=O) groups is 1. The van der Waals surface area contributed by atoms with Gasteiger partial charge in [0.25, 0.3) is 0 Å². The molecule has 1 aromatic heterocycles. The lowest BCUT2D eigenvalue weighted by Gasteiger charge is -2.33. The lowest BCUT2D eigenvalue weighted by atomic mass is 10.2. The maximum atomic E-state index is 13.3. The molecule has 3 aromatic rings. The highest BCUT2D eigenvalue weighted by molar-refractivity contribution is 7.89. The van der Waals surface area contributed by atoms with Gasteiger partial charge in [-0.15, -0.1) is 0 Å². The van der Waals surface area contributed by atoms with Gasteiger partial charge in [0.05, 0.1) is 12.2 Å². The van der Waals surface area contributed by atoms with Crippen molar-refractivity contribution in [1.29, 1.82) is 0 Å². The van der Waals surface area contributed by atoms with Crippen LogP contribution in [0.5, 0.6) is 0 Å². The smallest absolute Gasteiger partial charge is 0.245 e. The van der Waals surface area contributed by atoms with Crippen molar-refractivity contribution in [1.82, 2.24) is 14.2 Å². The van der Waals surface area contributed by atoms with Crippen molar-refractivity contribution in [3.63, 3.8) is 0 Å². The molecule has 0 saturated carbocycles. The molecular weight excluding hydrogens is 416 g/mol. The van der Waals surface area contributed by atoms with Gasteiger partial charge < -0.3 is 9.73 Å². The Morgan fingerprint density at radius 2 is 1.74 bits per heavy atom. The first-order valence-corrected chi connectivity index (χ1v) is 11.6. The molecule has 1 aliphatic heterocycles. The van der Waals surface area contributed by atoms with Crippen LogP contribution in [0.3, 0.4) is 0 Å². The number of nitrogens with zero attached hydrogens (tertiary/aromatic N) is 3. The van der Waals surface area contributed by atoms with Gasteiger partial charge in [-0.25, -0.2) is 13.4 Å². The number of piperazine rings is 1. The zero-order chi connectivity index (χ0) is 22.2. The number of amides is 1. The first-order valence-electron chi connectivity index (χ1n) is 10.2. The number of nitrogens with one attached hydrogen (secondary N) is 1. The molecule has 0 atom stereocenters. The lowest BCUT2D eigenvalue weighted by molar-refractivity contribution is -0.114. The van der Waals surface area contributed by atoms with Crippen molar-refractivity contribution < 1.29 is 17.6 Å². The first-order chi connectivity index (χ1) is 14.7. The molecular formula is C22H26N4O4S. The Hall–Kier alpha value is -2.75. The van der Waals surface area contributed by atoms with Gasteiger partial charge in [-0.1, -0.05) is 12.1 Å². The van der Waals surface area contributed by atoms with Crippen LogP contribution < -0.4 is 5.32 Å². The average Bonchev–Trinajstić information content (AvgIpc) is 3.10. The number of aromatic nitrogens is 1. The van der Waals surface area contributed by atoms with Crippen LogP contribution in [0.15, 0.2) is 45.7 Å². The number of hydrogen-bond donors (Lipinski definition) is 1. The Kier molecular flexibility index (Phi) is 5.83. The quantitative estimate of drug-likeness (QED) is 0.653. The number of sulfonamides is 1. The van der Waals surface area contributed by atoms with Crippen LogP contribution in [-0.4, -0.2) is 54.7 Å². The molecule has 9 heteroatoms. The highest BCUT2D eigenvalue weighted by atomic mass is 32.2. The molecule has 1 aliphatic rings. The summed E-state index contributed by atoms with van der Waals surface area (Å²) in [6.07, 6.45) is 0. The number of rotatable bonds is 5. The van der Waals surface area contributed by atoms with Gasteiger partial charge in [0.2, 0.25) is 21.8 Å². The zero-order valence-corrected chi connectivity index (χ0v) is 18.7. The minimum atomic E-state index is -3.73. The molecule has 31 heavy (non-hydrogen) atoms. The van der Waals surface area contributed by atoms with Crippen LogP contribution in [0.2, 0.25) is 0 Å². The summed E-state index contributed by atoms with van der Waals surface area (Å²) >= 11 is 0. The van der Waals surface area contributed by atoms with Gasteiger partial charge in [-0.3, -0.25) is 9.69 Å². The monoisotopic (exact) mass is 442 g/mol. The van der Waals surface area contributed by atoms with E-state index in [9.17, 15) is 13.2 Å². The van der Waals surface area contributed by atoms with Gasteiger partial charge >= 0.3 is 0 Å². The van der Waals surface area contributed by atoms with Crippen LogP contribution in [0.4, 0.5) is 5.69 Å². The highest BCUT2D eigenvalue weighted by Crippen LogP contribution is 2.27. The van der Waals surface area contributed by atoms with Gasteiger partial charge in [-0.05, 0) is 49.2 Å². The molecule has 1 saturated heterocycles. The Labute approximate surface area is 181 Å². The van der Waals surface area contributed by atoms with Crippen LogP contribution in [0.1, 0.15) is 23.9 Å². The van der Waals surface area contributed by atoms with Gasteiger partial charge in [0, 0.05) is 33.1 Å². The average molecular weight is 443 g/mol. The second kappa shape index (κ2) is 8.41. The van der Waals surface area contributed by atoms with E-state index in [1.54, 1.807) is 18.2 Å². The summed E-state index contributed by atoms with van der Waals surface area (Å²) in [6, 6.07) is 10.9. The number of aryl methyl sites for hydroxylation is 2. The Bertz CT molecular complexity index is 1230. The van der Waals surface area contributed by atoms with E-state index in [1.807, 2.05) is 32.0 Å². The summed E-state index contributed by atoms with van der Waals surface area (Å²) < 4.78 is 33.9. The molecule has 2 heterocycles. The molecule has 2 aromatic carbocycles. The van der Waals surface area contributed by atoms with Crippen LogP contribution in [0, 0.1) is 13.8 Å². The summed E-state index contributed by atoms with van der Waals surface area (Å²) in [7, 11) is -3.73. The summed E-state index contributed by atoms with van der Waals surface area (Å²) in [5, 5.41) is 2.63. The van der Waals surface area contributed by atoms with Crippen molar-refractivity contribution in [2.24, 2.45) is 0 Å². The normalized spacial score (nSPS) is 16.0. The predicted molar refractivity (Wildman–Crippen MR) is 118 cm³/mol. The first kappa shape index (κ1) is 21.5. The third-order valence-electron chi connectivity index (χ3n) is 5.34. The number of benzene rings is 2. The highest BCUT2D eigenvalue weighted by Gasteiger charge is 2.31. The third kappa shape index (κ3) is 4.63. The van der Waals surface area contributed by atoms with E-state index < -0.39 is 10.0 Å². The molecule has 4 rings (SSSR count). The number of hydrogen-bond acceptors (Lipinski definition) is 6. The van der Waals surface area contributed by atoms with Crippen molar-refractivity contribution in [3.8, 4) is 0 Å². The van der Waals surface area contributed by atoms with E-state index in [1.165, 1.54) is 11.2 Å². The topological polar surface area (TPSA) is 95.8 Å². The molecule has 0 bridgehead atoms. The van der Waals surface area contributed by atoms with Crippen LogP contribution >= 0.6 is 0 Å². The Morgan fingerprint density at radius 1 is 1.06 bits per heavy atom. The summed E-state index contributed by atoms with van der Waals surface area (Å²) in [4.78, 5) is 18.3. The van der Waals surface area contributed by atoms with E-state index in [0.29, 0.717) is 44.3 Å². The fourth-order valence-corrected chi connectivity index (χ4v) is 5.40. The van der Waals surface area contributed by atoms with Gasteiger partial charge in [0.15, 0.2) is 5.58 Å². The van der Waals surface area contributed by atoms with E-state index in [2.05, 4.69) is 15.2 Å². The molecule has 8 nitrogen and oxygen atoms in total. The summed E-state index contributed by atoms with van der Waals surface area (Å²) in [5.41, 5.74) is 3.84. The fraction of sp³-hybridized carbons (Fsp3) is 0.364. The zero-order valence-electron chi connectivity index (χ0n) is 17.9. The van der Waals surface area contributed by atoms with Crippen molar-refractivity contribution >= 4 is 32.7 Å². The molecule has 1 N–H and O–H groups in total. The van der Waals surface area contributed by atoms with Gasteiger partial charge in [0.1, 0.15) is 10.4 Å². The minimum absolute atomic E-state index is 0.130. The third-order valence-corrected chi connectivity index (χ3v) is 7.28. The molecule has 1 amide bonds. The predicted octanol–water partition coefficient (Wildman–Crippen LogP) is 2.91. The van der Waals surface area contributed by atoms with Crippen molar-refractivity contribution in [3.05, 3.63) is 53.4 Å². The van der Waals surface area contributed by atoms with Crippen molar-refractivity contribution in [2.75, 3.05) is 31.5 Å². The number of anilines is 1. The summed E-state index contributed by atoms with van der Waals surface area (Å²) in [6.45, 7) is 7.59. The molecule has 1 fully saturated rings. The number of carbonyl (C=O) groups excluding carboxylic acids is 1. The fourth-order valence-electron chi connectivity index (χ4n) is 3.75. The van der Waals surface area contributed by atoms with Crippen LogP contribution in [-0.2, 0) is 21.4 Å². The van der Waals surface area contributed by atoms with Gasteiger partial charge in [-0.2, -0.15) is 4.31 Å². The number of fused-ring (bicyclic) bond motifs is 1. The standard InChI is InChI=1S/C22H26N4O4S/c1-15-5-7-20-19(12-15)24-22(30-20)14-25-8-10-26(11-9-25)31(28,29)21-13-16(2)4-6-18(21)23-17(3)27/h4-7,12-13H,8-11,14H2,1-3H3,(H,23,27). The van der Waals surface area contributed by atoms with Crippen LogP contribution in [0.25, 0.3) is 11.1 Å². The second-order valence-electron chi connectivity index (χ2n) is 7.94. The molecule has 0 spiro atoms. The lowest BCUT2D eigenvalue weighted by Crippen LogP contribution is -2.48. The molecule has 0 aliphatic carbocycles. The maximum Gasteiger partial charge on any atom is 0.245 e. The van der Waals surface area contributed by atoms with E-state index >= 15 is 0 Å². The molecule has 164 valence electrons. The second-order valence-corrected chi connectivity index (χ2v) is 9.85. The minimum Gasteiger partial charge on any atom is -0.439 e. The van der Waals surface area contributed by atoms with E-state index in [-0.39, 0.29) is 10.8 Å². The van der Waals surface area contributed by atoms with E-state index in [0.717, 1.165) is 22.2 Å². The maximum absolute atomic E-state index is 13.3. The SMILES string of the molecule is CC(=O)Nc1ccc(C)cc1S(=O)(=O)N1CCN(Cc2nc3cc(C)ccc3o2)CC1. The van der Waals surface area contributed by atoms with E-state index in [4.69, 9.17) is 4.42 Å². The van der Waals surface area contributed by atoms with Crippen molar-refractivity contribution in [2.45, 2.75) is 32.2 Å².